The number of likely N-dealkylation sites (tertiary alicyclic amines) is 1. The summed E-state index contributed by atoms with van der Waals surface area (Å²) in [6.45, 7) is 8.40. The SMILES string of the molecule is CC(C)C1CCCCN1Cc1ccc2c(c1)CC[C@H](NC(=O)c1ccc(OC[C@@H]3CCCO3)cc1)C2. The minimum atomic E-state index is -0.00410. The Bertz CT molecular complexity index is 1010. The van der Waals surface area contributed by atoms with Crippen LogP contribution >= 0.6 is 0 Å². The second kappa shape index (κ2) is 11.8. The average Bonchev–Trinajstić information content (AvgIpc) is 3.42. The van der Waals surface area contributed by atoms with Gasteiger partial charge in [0.1, 0.15) is 12.4 Å². The number of rotatable bonds is 8. The zero-order chi connectivity index (χ0) is 24.9. The van der Waals surface area contributed by atoms with Crippen LogP contribution in [0.5, 0.6) is 5.75 Å². The largest absolute Gasteiger partial charge is 0.491 e. The van der Waals surface area contributed by atoms with Gasteiger partial charge in [-0.1, -0.05) is 38.5 Å². The molecule has 2 aromatic rings. The van der Waals surface area contributed by atoms with Crippen LogP contribution in [0, 0.1) is 5.92 Å². The maximum atomic E-state index is 12.9. The molecular weight excluding hydrogens is 448 g/mol. The lowest BCUT2D eigenvalue weighted by molar-refractivity contribution is 0.0679. The Morgan fingerprint density at radius 1 is 1.06 bits per heavy atom. The van der Waals surface area contributed by atoms with Gasteiger partial charge >= 0.3 is 0 Å². The predicted molar refractivity (Wildman–Crippen MR) is 144 cm³/mol. The van der Waals surface area contributed by atoms with Gasteiger partial charge in [0, 0.05) is 30.8 Å². The van der Waals surface area contributed by atoms with Crippen molar-refractivity contribution in [2.75, 3.05) is 19.8 Å². The second-order valence-corrected chi connectivity index (χ2v) is 11.3. The van der Waals surface area contributed by atoms with E-state index < -0.39 is 0 Å². The topological polar surface area (TPSA) is 50.8 Å². The van der Waals surface area contributed by atoms with Crippen molar-refractivity contribution < 1.29 is 14.3 Å². The molecule has 2 saturated heterocycles. The van der Waals surface area contributed by atoms with Gasteiger partial charge in [-0.3, -0.25) is 9.69 Å². The summed E-state index contributed by atoms with van der Waals surface area (Å²) in [5.74, 6) is 1.49. The highest BCUT2D eigenvalue weighted by Crippen LogP contribution is 2.28. The van der Waals surface area contributed by atoms with Crippen molar-refractivity contribution in [1.29, 1.82) is 0 Å². The van der Waals surface area contributed by atoms with E-state index >= 15 is 0 Å². The highest BCUT2D eigenvalue weighted by atomic mass is 16.5. The van der Waals surface area contributed by atoms with E-state index in [1.165, 1.54) is 42.5 Å². The molecule has 0 radical (unpaired) electrons. The first kappa shape index (κ1) is 25.3. The number of aryl methyl sites for hydroxylation is 1. The van der Waals surface area contributed by atoms with Crippen molar-refractivity contribution in [3.63, 3.8) is 0 Å². The third-order valence-electron chi connectivity index (χ3n) is 8.23. The molecule has 0 bridgehead atoms. The molecule has 1 amide bonds. The van der Waals surface area contributed by atoms with Gasteiger partial charge in [-0.25, -0.2) is 0 Å². The van der Waals surface area contributed by atoms with Crippen molar-refractivity contribution in [2.45, 2.75) is 89.9 Å². The highest BCUT2D eigenvalue weighted by molar-refractivity contribution is 5.94. The molecule has 5 heteroatoms. The average molecular weight is 491 g/mol. The number of fused-ring (bicyclic) bond motifs is 1. The number of amides is 1. The zero-order valence-electron chi connectivity index (χ0n) is 22.0. The Balaban J connectivity index is 1.13. The Morgan fingerprint density at radius 3 is 2.69 bits per heavy atom. The quantitative estimate of drug-likeness (QED) is 0.528. The van der Waals surface area contributed by atoms with E-state index in [9.17, 15) is 4.79 Å². The molecular formula is C31H42N2O3. The van der Waals surface area contributed by atoms with Crippen LogP contribution in [0.2, 0.25) is 0 Å². The predicted octanol–water partition coefficient (Wildman–Crippen LogP) is 5.54. The van der Waals surface area contributed by atoms with Crippen LogP contribution in [-0.2, 0) is 24.1 Å². The minimum absolute atomic E-state index is 0.00410. The minimum Gasteiger partial charge on any atom is -0.491 e. The first-order chi connectivity index (χ1) is 17.5. The summed E-state index contributed by atoms with van der Waals surface area (Å²) in [4.78, 5) is 15.6. The number of benzene rings is 2. The van der Waals surface area contributed by atoms with Gasteiger partial charge in [-0.2, -0.15) is 0 Å². The second-order valence-electron chi connectivity index (χ2n) is 11.3. The number of carbonyl (C=O) groups excluding carboxylic acids is 1. The van der Waals surface area contributed by atoms with Crippen molar-refractivity contribution in [1.82, 2.24) is 10.2 Å². The summed E-state index contributed by atoms with van der Waals surface area (Å²) in [5, 5.41) is 3.26. The van der Waals surface area contributed by atoms with E-state index in [1.54, 1.807) is 0 Å². The van der Waals surface area contributed by atoms with Crippen LogP contribution in [-0.4, -0.2) is 48.8 Å². The molecule has 2 heterocycles. The fraction of sp³-hybridized carbons (Fsp3) is 0.581. The maximum absolute atomic E-state index is 12.9. The van der Waals surface area contributed by atoms with E-state index in [-0.39, 0.29) is 18.1 Å². The molecule has 2 aliphatic heterocycles. The summed E-state index contributed by atoms with van der Waals surface area (Å²) in [7, 11) is 0. The molecule has 0 spiro atoms. The Hall–Kier alpha value is -2.37. The lowest BCUT2D eigenvalue weighted by Crippen LogP contribution is -2.42. The van der Waals surface area contributed by atoms with Crippen LogP contribution in [0.15, 0.2) is 42.5 Å². The summed E-state index contributed by atoms with van der Waals surface area (Å²) in [6.07, 6.45) is 9.30. The first-order valence-corrected chi connectivity index (χ1v) is 14.0. The fourth-order valence-electron chi connectivity index (χ4n) is 6.17. The molecule has 0 aromatic heterocycles. The van der Waals surface area contributed by atoms with Crippen molar-refractivity contribution in [3.8, 4) is 5.75 Å². The van der Waals surface area contributed by atoms with Gasteiger partial charge in [0.15, 0.2) is 0 Å². The molecule has 194 valence electrons. The maximum Gasteiger partial charge on any atom is 0.251 e. The Kier molecular flexibility index (Phi) is 8.28. The number of nitrogens with zero attached hydrogens (tertiary/aromatic N) is 1. The molecule has 0 saturated carbocycles. The zero-order valence-corrected chi connectivity index (χ0v) is 22.0. The number of ether oxygens (including phenoxy) is 2. The summed E-state index contributed by atoms with van der Waals surface area (Å²) < 4.78 is 11.4. The molecule has 2 aromatic carbocycles. The summed E-state index contributed by atoms with van der Waals surface area (Å²) in [5.41, 5.74) is 4.96. The monoisotopic (exact) mass is 490 g/mol. The number of hydrogen-bond acceptors (Lipinski definition) is 4. The molecule has 5 nitrogen and oxygen atoms in total. The third-order valence-corrected chi connectivity index (χ3v) is 8.23. The standard InChI is InChI=1S/C31H42N2O3/c1-22(2)30-7-3-4-16-33(30)20-23-8-9-26-19-27(13-10-25(26)18-23)32-31(34)24-11-14-28(15-12-24)36-21-29-6-5-17-35-29/h8-9,11-12,14-15,18,22,27,29-30H,3-7,10,13,16-17,19-21H2,1-2H3,(H,32,34)/t27-,29-,30?/m0/s1. The van der Waals surface area contributed by atoms with Gasteiger partial charge in [0.05, 0.1) is 6.10 Å². The van der Waals surface area contributed by atoms with Crippen LogP contribution in [0.25, 0.3) is 0 Å². The van der Waals surface area contributed by atoms with E-state index in [2.05, 4.69) is 42.3 Å². The fourth-order valence-corrected chi connectivity index (χ4v) is 6.17. The van der Waals surface area contributed by atoms with Crippen LogP contribution in [0.1, 0.15) is 79.4 Å². The number of carbonyl (C=O) groups is 1. The van der Waals surface area contributed by atoms with Gasteiger partial charge in [0.2, 0.25) is 0 Å². The molecule has 5 rings (SSSR count). The van der Waals surface area contributed by atoms with Crippen molar-refractivity contribution >= 4 is 5.91 Å². The van der Waals surface area contributed by atoms with Crippen LogP contribution < -0.4 is 10.1 Å². The van der Waals surface area contributed by atoms with Crippen molar-refractivity contribution in [3.05, 3.63) is 64.7 Å². The molecule has 1 unspecified atom stereocenters. The van der Waals surface area contributed by atoms with E-state index in [0.29, 0.717) is 24.1 Å². The first-order valence-electron chi connectivity index (χ1n) is 14.0. The van der Waals surface area contributed by atoms with Crippen molar-refractivity contribution in [2.24, 2.45) is 5.92 Å². The van der Waals surface area contributed by atoms with Crippen LogP contribution in [0.4, 0.5) is 0 Å². The van der Waals surface area contributed by atoms with E-state index in [1.807, 2.05) is 24.3 Å². The molecule has 1 aliphatic carbocycles. The van der Waals surface area contributed by atoms with E-state index in [4.69, 9.17) is 9.47 Å². The molecule has 3 atom stereocenters. The lowest BCUT2D eigenvalue weighted by Gasteiger charge is -2.38. The highest BCUT2D eigenvalue weighted by Gasteiger charge is 2.26. The Morgan fingerprint density at radius 2 is 1.92 bits per heavy atom. The van der Waals surface area contributed by atoms with Crippen LogP contribution in [0.3, 0.4) is 0 Å². The number of nitrogens with one attached hydrogen (secondary N) is 1. The molecule has 3 aliphatic rings. The van der Waals surface area contributed by atoms with Gasteiger partial charge in [0.25, 0.3) is 5.91 Å². The molecule has 2 fully saturated rings. The van der Waals surface area contributed by atoms with E-state index in [0.717, 1.165) is 51.0 Å². The third kappa shape index (κ3) is 6.30. The molecule has 1 N–H and O–H groups in total. The summed E-state index contributed by atoms with van der Waals surface area (Å²) in [6, 6.07) is 15.4. The number of hydrogen-bond donors (Lipinski definition) is 1. The molecule has 36 heavy (non-hydrogen) atoms. The van der Waals surface area contributed by atoms with Gasteiger partial charge < -0.3 is 14.8 Å². The van der Waals surface area contributed by atoms with Gasteiger partial charge in [-0.15, -0.1) is 0 Å². The smallest absolute Gasteiger partial charge is 0.251 e. The number of piperidine rings is 1. The van der Waals surface area contributed by atoms with Gasteiger partial charge in [-0.05, 0) is 98.4 Å². The summed E-state index contributed by atoms with van der Waals surface area (Å²) >= 11 is 0. The lowest BCUT2D eigenvalue weighted by atomic mass is 9.86. The normalized spacial score (nSPS) is 24.5. The Labute approximate surface area is 216 Å².